The Morgan fingerprint density at radius 2 is 1.83 bits per heavy atom. The van der Waals surface area contributed by atoms with Gasteiger partial charge in [0.15, 0.2) is 0 Å². The van der Waals surface area contributed by atoms with Gasteiger partial charge in [-0.15, -0.1) is 0 Å². The largest absolute Gasteiger partial charge is 0.488 e. The Balaban J connectivity index is 1.45. The van der Waals surface area contributed by atoms with Crippen molar-refractivity contribution in [2.45, 2.75) is 64.0 Å². The van der Waals surface area contributed by atoms with Crippen molar-refractivity contribution in [1.82, 2.24) is 15.2 Å². The Morgan fingerprint density at radius 3 is 2.51 bits per heavy atom. The highest BCUT2D eigenvalue weighted by Crippen LogP contribution is 2.49. The first-order valence-corrected chi connectivity index (χ1v) is 18.4. The predicted octanol–water partition coefficient (Wildman–Crippen LogP) is 4.57. The summed E-state index contributed by atoms with van der Waals surface area (Å²) < 4.78 is 19.9. The molecule has 12 heteroatoms. The summed E-state index contributed by atoms with van der Waals surface area (Å²) in [6.45, 7) is 7.79. The van der Waals surface area contributed by atoms with Crippen LogP contribution in [0, 0.1) is 23.7 Å². The number of nitriles is 1. The lowest BCUT2D eigenvalue weighted by molar-refractivity contribution is -0.0927. The molecule has 1 saturated heterocycles. The smallest absolute Gasteiger partial charge is 0.142 e. The molecule has 0 bridgehead atoms. The van der Waals surface area contributed by atoms with Crippen LogP contribution in [0.15, 0.2) is 73.1 Å². The molecule has 5 rings (SSSR count). The molecule has 1 fully saturated rings. The molecular formula is C41H51ClN4O7. The van der Waals surface area contributed by atoms with Gasteiger partial charge >= 0.3 is 0 Å². The molecule has 0 radical (unpaired) electrons. The number of β-amino-alcohol motifs (C(OH)–C–C–N with tert-alkyl or cyclic N) is 1. The second-order valence-electron chi connectivity index (χ2n) is 14.4. The molecule has 1 aliphatic heterocycles. The lowest BCUT2D eigenvalue weighted by Gasteiger charge is -2.47. The van der Waals surface area contributed by atoms with E-state index in [-0.39, 0.29) is 25.9 Å². The Bertz CT molecular complexity index is 1780. The van der Waals surface area contributed by atoms with Crippen LogP contribution in [0.2, 0.25) is 5.02 Å². The molecule has 2 atom stereocenters. The zero-order chi connectivity index (χ0) is 38.1. The average Bonchev–Trinajstić information content (AvgIpc) is 3.60. The molecule has 53 heavy (non-hydrogen) atoms. The van der Waals surface area contributed by atoms with E-state index in [0.29, 0.717) is 51.9 Å². The predicted molar refractivity (Wildman–Crippen MR) is 203 cm³/mol. The fourth-order valence-electron chi connectivity index (χ4n) is 6.87. The second-order valence-corrected chi connectivity index (χ2v) is 14.8. The molecule has 1 aromatic heterocycles. The third kappa shape index (κ3) is 9.28. The van der Waals surface area contributed by atoms with Crippen molar-refractivity contribution >= 4 is 17.2 Å². The van der Waals surface area contributed by atoms with Crippen molar-refractivity contribution in [2.24, 2.45) is 5.41 Å². The molecular weight excluding hydrogens is 696 g/mol. The van der Waals surface area contributed by atoms with Crippen LogP contribution in [0.4, 0.5) is 0 Å². The summed E-state index contributed by atoms with van der Waals surface area (Å²) in [4.78, 5) is 6.40. The lowest BCUT2D eigenvalue weighted by atomic mass is 9.65. The van der Waals surface area contributed by atoms with E-state index >= 15 is 0 Å². The molecule has 11 nitrogen and oxygen atoms in total. The number of aliphatic hydroxyl groups is 4. The number of pyridine rings is 1. The van der Waals surface area contributed by atoms with Gasteiger partial charge in [-0.2, -0.15) is 5.26 Å². The summed E-state index contributed by atoms with van der Waals surface area (Å²) in [7, 11) is 0. The van der Waals surface area contributed by atoms with Gasteiger partial charge in [-0.1, -0.05) is 67.9 Å². The zero-order valence-electron chi connectivity index (χ0n) is 30.7. The molecule has 0 amide bonds. The highest BCUT2D eigenvalue weighted by atomic mass is 35.5. The van der Waals surface area contributed by atoms with Crippen molar-refractivity contribution in [1.29, 1.82) is 5.26 Å². The van der Waals surface area contributed by atoms with Crippen molar-refractivity contribution in [3.63, 3.8) is 0 Å². The van der Waals surface area contributed by atoms with Crippen LogP contribution >= 0.6 is 11.6 Å². The maximum atomic E-state index is 10.0. The number of benzene rings is 2. The van der Waals surface area contributed by atoms with Crippen LogP contribution in [0.5, 0.6) is 11.5 Å². The van der Waals surface area contributed by atoms with Crippen LogP contribution < -0.4 is 14.8 Å². The average molecular weight is 747 g/mol. The van der Waals surface area contributed by atoms with Crippen molar-refractivity contribution in [2.75, 3.05) is 52.7 Å². The Kier molecular flexibility index (Phi) is 13.7. The quantitative estimate of drug-likeness (QED) is 0.116. The number of hydrogen-bond donors (Lipinski definition) is 5. The van der Waals surface area contributed by atoms with Gasteiger partial charge in [0.2, 0.25) is 0 Å². The van der Waals surface area contributed by atoms with Crippen LogP contribution in [-0.4, -0.2) is 100 Å². The summed E-state index contributed by atoms with van der Waals surface area (Å²) >= 11 is 7.05. The molecule has 2 aromatic carbocycles. The standard InChI is InChI=1S/C41H51ClN4O7/c1-29-34(22-45-40(25-47,26-48)27-49)36(51-24-31-17-30(19-43)20-44-21-31)18-37(38(29)42)52-28-41(53-16-8-14-46-15-12-33(50)23-46)13-7-11-35(39(41,2)3)32-9-5-4-6-10-32/h4-7,9-11,13,17-18,20-21,33,45,47-50H,8,12,14-16,22-28H2,1-3H3/t33?,41-/m0/s1. The summed E-state index contributed by atoms with van der Waals surface area (Å²) in [5.74, 6) is 0.796. The number of aromatic nitrogens is 1. The van der Waals surface area contributed by atoms with E-state index in [1.807, 2.05) is 31.2 Å². The molecule has 2 heterocycles. The Morgan fingerprint density at radius 1 is 1.08 bits per heavy atom. The number of likely N-dealkylation sites (tertiary alicyclic amines) is 1. The zero-order valence-corrected chi connectivity index (χ0v) is 31.5. The molecule has 1 aliphatic carbocycles. The lowest BCUT2D eigenvalue weighted by Crippen LogP contribution is -2.54. The van der Waals surface area contributed by atoms with Gasteiger partial charge in [0, 0.05) is 67.8 Å². The number of hydrogen-bond acceptors (Lipinski definition) is 11. The van der Waals surface area contributed by atoms with E-state index in [9.17, 15) is 25.7 Å². The molecule has 0 spiro atoms. The third-order valence-electron chi connectivity index (χ3n) is 10.5. The summed E-state index contributed by atoms with van der Waals surface area (Å²) in [6.07, 6.45) is 10.6. The number of ether oxygens (including phenoxy) is 3. The first-order chi connectivity index (χ1) is 25.5. The van der Waals surface area contributed by atoms with E-state index < -0.39 is 36.4 Å². The second kappa shape index (κ2) is 18.0. The third-order valence-corrected chi connectivity index (χ3v) is 11.0. The molecule has 284 valence electrons. The molecule has 2 aliphatic rings. The first-order valence-electron chi connectivity index (χ1n) is 18.0. The first kappa shape index (κ1) is 40.4. The van der Waals surface area contributed by atoms with Crippen molar-refractivity contribution < 1.29 is 34.6 Å². The molecule has 1 unspecified atom stereocenters. The van der Waals surface area contributed by atoms with E-state index in [0.717, 1.165) is 37.1 Å². The fourth-order valence-corrected chi connectivity index (χ4v) is 7.09. The van der Waals surface area contributed by atoms with Crippen LogP contribution in [0.3, 0.4) is 0 Å². The highest BCUT2D eigenvalue weighted by Gasteiger charge is 2.49. The molecule has 3 aromatic rings. The number of nitrogens with one attached hydrogen (secondary N) is 1. The number of nitrogens with zero attached hydrogens (tertiary/aromatic N) is 3. The maximum absolute atomic E-state index is 10.0. The normalized spacial score (nSPS) is 19.9. The van der Waals surface area contributed by atoms with Gasteiger partial charge in [0.05, 0.1) is 42.0 Å². The van der Waals surface area contributed by atoms with Crippen molar-refractivity contribution in [3.05, 3.63) is 106 Å². The van der Waals surface area contributed by atoms with Gasteiger partial charge < -0.3 is 44.9 Å². The minimum Gasteiger partial charge on any atom is -0.488 e. The van der Waals surface area contributed by atoms with Gasteiger partial charge in [-0.25, -0.2) is 0 Å². The highest BCUT2D eigenvalue weighted by molar-refractivity contribution is 6.33. The van der Waals surface area contributed by atoms with Gasteiger partial charge in [-0.05, 0) is 48.6 Å². The van der Waals surface area contributed by atoms with Crippen molar-refractivity contribution in [3.8, 4) is 17.6 Å². The topological polar surface area (TPSA) is 161 Å². The number of allylic oxidation sites excluding steroid dienone is 2. The summed E-state index contributed by atoms with van der Waals surface area (Å²) in [5, 5.41) is 52.7. The van der Waals surface area contributed by atoms with Crippen LogP contribution in [0.25, 0.3) is 5.57 Å². The van der Waals surface area contributed by atoms with E-state index in [2.05, 4.69) is 59.4 Å². The number of rotatable bonds is 18. The summed E-state index contributed by atoms with van der Waals surface area (Å²) in [6, 6.07) is 15.7. The molecule has 5 N–H and O–H groups in total. The minimum atomic E-state index is -1.34. The SMILES string of the molecule is Cc1c(Cl)c(OC[C@@]2(OCCCN3CCC(O)C3)C=CC=C(c3ccccc3)C2(C)C)cc(OCc2cncc(C#N)c2)c1CNC(CO)(CO)CO. The van der Waals surface area contributed by atoms with E-state index in [4.69, 9.17) is 25.8 Å². The van der Waals surface area contributed by atoms with Gasteiger partial charge in [-0.3, -0.25) is 4.98 Å². The van der Waals surface area contributed by atoms with E-state index in [1.165, 1.54) is 6.20 Å². The molecule has 0 saturated carbocycles. The van der Waals surface area contributed by atoms with Gasteiger partial charge in [0.25, 0.3) is 0 Å². The van der Waals surface area contributed by atoms with Gasteiger partial charge in [0.1, 0.15) is 36.4 Å². The number of halogens is 1. The van der Waals surface area contributed by atoms with Crippen LogP contribution in [-0.2, 0) is 17.9 Å². The summed E-state index contributed by atoms with van der Waals surface area (Å²) in [5.41, 5.74) is 1.77. The number of aliphatic hydroxyl groups excluding tert-OH is 4. The minimum absolute atomic E-state index is 0.0866. The fraction of sp³-hybridized carbons (Fsp3) is 0.463. The monoisotopic (exact) mass is 746 g/mol. The van der Waals surface area contributed by atoms with Crippen LogP contribution in [0.1, 0.15) is 54.5 Å². The van der Waals surface area contributed by atoms with E-state index in [1.54, 1.807) is 18.3 Å². The maximum Gasteiger partial charge on any atom is 0.142 e. The Hall–Kier alpha value is -3.83. The Labute approximate surface area is 317 Å².